The molecule has 0 aliphatic carbocycles. The van der Waals surface area contributed by atoms with E-state index in [9.17, 15) is 22.3 Å². The molecule has 1 aromatic heterocycles. The van der Waals surface area contributed by atoms with Gasteiger partial charge in [0.2, 0.25) is 0 Å². The van der Waals surface area contributed by atoms with Crippen LogP contribution in [0.2, 0.25) is 0 Å². The van der Waals surface area contributed by atoms with Gasteiger partial charge in [0, 0.05) is 5.56 Å². The molecule has 0 unspecified atom stereocenters. The van der Waals surface area contributed by atoms with E-state index in [1.54, 1.807) is 11.4 Å². The summed E-state index contributed by atoms with van der Waals surface area (Å²) in [5, 5.41) is 14.0. The summed E-state index contributed by atoms with van der Waals surface area (Å²) in [5.41, 5.74) is -0.893. The lowest BCUT2D eigenvalue weighted by Gasteiger charge is -2.17. The van der Waals surface area contributed by atoms with E-state index in [0.29, 0.717) is 0 Å². The molecule has 134 valence electrons. The molecule has 0 atom stereocenters. The van der Waals surface area contributed by atoms with Crippen molar-refractivity contribution in [1.29, 1.82) is 0 Å². The Morgan fingerprint density at radius 1 is 1.00 bits per heavy atom. The zero-order chi connectivity index (χ0) is 18.7. The molecule has 1 heterocycles. The summed E-state index contributed by atoms with van der Waals surface area (Å²) in [7, 11) is -3.89. The molecule has 0 saturated carbocycles. The number of para-hydroxylation sites is 2. The number of halogens is 2. The Kier molecular flexibility index (Phi) is 5.01. The Morgan fingerprint density at radius 3 is 2.35 bits per heavy atom. The van der Waals surface area contributed by atoms with Gasteiger partial charge in [-0.3, -0.25) is 9.71 Å². The van der Waals surface area contributed by atoms with Gasteiger partial charge in [-0.2, -0.15) is 0 Å². The van der Waals surface area contributed by atoms with Crippen LogP contribution in [-0.4, -0.2) is 14.3 Å². The van der Waals surface area contributed by atoms with Crippen LogP contribution >= 0.6 is 11.3 Å². The highest BCUT2D eigenvalue weighted by atomic mass is 32.2. The zero-order valence-electron chi connectivity index (χ0n) is 13.0. The van der Waals surface area contributed by atoms with Gasteiger partial charge in [-0.25, -0.2) is 17.2 Å². The summed E-state index contributed by atoms with van der Waals surface area (Å²) in [6.45, 7) is 0. The van der Waals surface area contributed by atoms with Crippen LogP contribution in [0.3, 0.4) is 0 Å². The Labute approximate surface area is 152 Å². The fourth-order valence-electron chi connectivity index (χ4n) is 2.13. The van der Waals surface area contributed by atoms with Gasteiger partial charge in [0.25, 0.3) is 10.0 Å². The van der Waals surface area contributed by atoms with E-state index in [0.717, 1.165) is 29.5 Å². The minimum Gasteiger partial charge on any atom is -0.858 e. The molecular weight excluding hydrogens is 382 g/mol. The molecule has 0 radical (unpaired) electrons. The van der Waals surface area contributed by atoms with Crippen molar-refractivity contribution in [3.63, 3.8) is 0 Å². The summed E-state index contributed by atoms with van der Waals surface area (Å²) in [5.74, 6) is -2.96. The number of sulfonamides is 1. The Hall–Kier alpha value is -2.78. The minimum atomic E-state index is -3.89. The van der Waals surface area contributed by atoms with Gasteiger partial charge >= 0.3 is 0 Å². The van der Waals surface area contributed by atoms with E-state index in [1.807, 2.05) is 0 Å². The predicted octanol–water partition coefficient (Wildman–Crippen LogP) is 3.27. The highest BCUT2D eigenvalue weighted by Gasteiger charge is 2.17. The third kappa shape index (κ3) is 3.73. The highest BCUT2D eigenvalue weighted by Crippen LogP contribution is 2.25. The van der Waals surface area contributed by atoms with Crippen molar-refractivity contribution in [3.05, 3.63) is 77.2 Å². The number of thiophene rings is 1. The molecular formula is C17H11F2N2O3S2-. The number of rotatable bonds is 5. The Balaban J connectivity index is 2.01. The zero-order valence-corrected chi connectivity index (χ0v) is 14.7. The van der Waals surface area contributed by atoms with Gasteiger partial charge in [-0.15, -0.1) is 11.3 Å². The van der Waals surface area contributed by atoms with E-state index in [2.05, 4.69) is 9.71 Å². The van der Waals surface area contributed by atoms with Crippen molar-refractivity contribution in [2.45, 2.75) is 4.21 Å². The maximum absolute atomic E-state index is 13.7. The molecule has 1 N–H and O–H groups in total. The molecule has 0 spiro atoms. The number of anilines is 1. The van der Waals surface area contributed by atoms with E-state index < -0.39 is 33.2 Å². The molecule has 0 aliphatic heterocycles. The quantitative estimate of drug-likeness (QED) is 0.534. The number of hydrogen-bond acceptors (Lipinski definition) is 5. The van der Waals surface area contributed by atoms with Crippen molar-refractivity contribution in [3.8, 4) is 0 Å². The summed E-state index contributed by atoms with van der Waals surface area (Å²) < 4.78 is 54.4. The number of hydrogen-bond donors (Lipinski definition) is 1. The first-order chi connectivity index (χ1) is 12.4. The smallest absolute Gasteiger partial charge is 0.271 e. The lowest BCUT2D eigenvalue weighted by atomic mass is 10.2. The molecule has 0 fully saturated rings. The average Bonchev–Trinajstić information content (AvgIpc) is 3.14. The van der Waals surface area contributed by atoms with Crippen LogP contribution in [0.1, 0.15) is 5.56 Å². The number of nitrogens with one attached hydrogen (secondary N) is 1. The lowest BCUT2D eigenvalue weighted by molar-refractivity contribution is -0.212. The SMILES string of the molecule is O=S(=O)(Nc1ccccc1C([O-])=Nc1c(F)cccc1F)c1cccs1. The Morgan fingerprint density at radius 2 is 1.69 bits per heavy atom. The predicted molar refractivity (Wildman–Crippen MR) is 94.1 cm³/mol. The standard InChI is InChI=1S/C17H12F2N2O3S2/c18-12-6-3-7-13(19)16(12)20-17(22)11-5-1-2-8-14(11)21-26(23,24)15-9-4-10-25-15/h1-10,21H,(H,20,22)/p-1. The second kappa shape index (κ2) is 7.22. The third-order valence-corrected chi connectivity index (χ3v) is 6.08. The van der Waals surface area contributed by atoms with Gasteiger partial charge in [-0.1, -0.05) is 30.3 Å². The van der Waals surface area contributed by atoms with Gasteiger partial charge in [0.05, 0.1) is 5.69 Å². The molecule has 5 nitrogen and oxygen atoms in total. The van der Waals surface area contributed by atoms with Crippen molar-refractivity contribution < 1.29 is 22.3 Å². The molecule has 0 bridgehead atoms. The van der Waals surface area contributed by atoms with Gasteiger partial charge in [0.1, 0.15) is 9.90 Å². The average molecular weight is 393 g/mol. The molecule has 0 amide bonds. The van der Waals surface area contributed by atoms with Gasteiger partial charge < -0.3 is 5.11 Å². The van der Waals surface area contributed by atoms with E-state index in [1.165, 1.54) is 30.3 Å². The van der Waals surface area contributed by atoms with Crippen LogP contribution in [0.15, 0.2) is 69.2 Å². The molecule has 0 aliphatic rings. The first kappa shape index (κ1) is 18.0. The van der Waals surface area contributed by atoms with Gasteiger partial charge in [0.15, 0.2) is 11.6 Å². The Bertz CT molecular complexity index is 1050. The summed E-state index contributed by atoms with van der Waals surface area (Å²) in [6.07, 6.45) is 0. The van der Waals surface area contributed by atoms with E-state index in [-0.39, 0.29) is 15.5 Å². The first-order valence-electron chi connectivity index (χ1n) is 7.24. The largest absolute Gasteiger partial charge is 0.858 e. The molecule has 9 heteroatoms. The molecule has 2 aromatic carbocycles. The highest BCUT2D eigenvalue weighted by molar-refractivity contribution is 7.94. The van der Waals surface area contributed by atoms with E-state index in [4.69, 9.17) is 0 Å². The summed E-state index contributed by atoms with van der Waals surface area (Å²) in [4.78, 5) is 3.46. The summed E-state index contributed by atoms with van der Waals surface area (Å²) in [6, 6.07) is 11.8. The van der Waals surface area contributed by atoms with Crippen molar-refractivity contribution in [2.24, 2.45) is 4.99 Å². The van der Waals surface area contributed by atoms with Crippen LogP contribution in [0.5, 0.6) is 0 Å². The van der Waals surface area contributed by atoms with Crippen molar-refractivity contribution in [2.75, 3.05) is 4.72 Å². The monoisotopic (exact) mass is 393 g/mol. The fourth-order valence-corrected chi connectivity index (χ4v) is 4.20. The molecule has 3 aromatic rings. The normalized spacial score (nSPS) is 12.2. The maximum Gasteiger partial charge on any atom is 0.271 e. The minimum absolute atomic E-state index is 0.0357. The van der Waals surface area contributed by atoms with Crippen molar-refractivity contribution >= 4 is 38.6 Å². The second-order valence-corrected chi connectivity index (χ2v) is 7.93. The molecule has 3 rings (SSSR count). The van der Waals surface area contributed by atoms with Crippen LogP contribution < -0.4 is 9.83 Å². The van der Waals surface area contributed by atoms with Crippen LogP contribution in [-0.2, 0) is 10.0 Å². The topological polar surface area (TPSA) is 81.6 Å². The maximum atomic E-state index is 13.7. The third-order valence-electron chi connectivity index (χ3n) is 3.31. The number of aliphatic imine (C=N–C) groups is 1. The number of benzene rings is 2. The first-order valence-corrected chi connectivity index (χ1v) is 9.60. The fraction of sp³-hybridized carbons (Fsp3) is 0. The molecule has 0 saturated heterocycles. The van der Waals surface area contributed by atoms with E-state index >= 15 is 0 Å². The van der Waals surface area contributed by atoms with Crippen LogP contribution in [0, 0.1) is 11.6 Å². The summed E-state index contributed by atoms with van der Waals surface area (Å²) >= 11 is 1.01. The van der Waals surface area contributed by atoms with Gasteiger partial charge in [-0.05, 0) is 35.5 Å². The second-order valence-electron chi connectivity index (χ2n) is 5.07. The van der Waals surface area contributed by atoms with Crippen molar-refractivity contribution in [1.82, 2.24) is 0 Å². The lowest BCUT2D eigenvalue weighted by Crippen LogP contribution is -2.22. The van der Waals surface area contributed by atoms with Crippen LogP contribution in [0.25, 0.3) is 0 Å². The van der Waals surface area contributed by atoms with Crippen LogP contribution in [0.4, 0.5) is 20.2 Å². The molecule has 26 heavy (non-hydrogen) atoms. The number of nitrogens with zero attached hydrogens (tertiary/aromatic N) is 1.